The molecule has 0 saturated heterocycles. The van der Waals surface area contributed by atoms with Crippen LogP contribution in [0.15, 0.2) is 206 Å². The van der Waals surface area contributed by atoms with Gasteiger partial charge in [0, 0.05) is 5.41 Å². The fourth-order valence-corrected chi connectivity index (χ4v) is 10.7. The Morgan fingerprint density at radius 2 is 0.750 bits per heavy atom. The number of hydrogen-bond acceptors (Lipinski definition) is 0. The topological polar surface area (TPSA) is 0 Å². The first-order chi connectivity index (χ1) is 29.7. The van der Waals surface area contributed by atoms with E-state index in [-0.39, 0.29) is 5.41 Å². The van der Waals surface area contributed by atoms with Gasteiger partial charge in [-0.1, -0.05) is 202 Å². The minimum atomic E-state index is 0.0192. The lowest BCUT2D eigenvalue weighted by molar-refractivity contribution is 0.461. The molecule has 60 heavy (non-hydrogen) atoms. The van der Waals surface area contributed by atoms with Crippen molar-refractivity contribution >= 4 is 32.3 Å². The van der Waals surface area contributed by atoms with Crippen molar-refractivity contribution in [2.24, 2.45) is 0 Å². The first-order valence-corrected chi connectivity index (χ1v) is 21.6. The van der Waals surface area contributed by atoms with Crippen LogP contribution in [0.5, 0.6) is 0 Å². The predicted octanol–water partition coefficient (Wildman–Crippen LogP) is 17.0. The second-order valence-electron chi connectivity index (χ2n) is 16.6. The lowest BCUT2D eigenvalue weighted by Gasteiger charge is -2.31. The highest BCUT2D eigenvalue weighted by atomic mass is 14.4. The molecule has 0 fully saturated rings. The molecule has 0 heterocycles. The van der Waals surface area contributed by atoms with Gasteiger partial charge in [0.2, 0.25) is 0 Å². The van der Waals surface area contributed by atoms with Gasteiger partial charge >= 0.3 is 0 Å². The number of hydrogen-bond donors (Lipinski definition) is 0. The van der Waals surface area contributed by atoms with E-state index < -0.39 is 0 Å². The Labute approximate surface area is 353 Å². The van der Waals surface area contributed by atoms with Crippen molar-refractivity contribution in [2.45, 2.75) is 38.5 Å². The van der Waals surface area contributed by atoms with Crippen molar-refractivity contribution in [3.8, 4) is 66.8 Å². The minimum absolute atomic E-state index is 0.0192. The van der Waals surface area contributed by atoms with Gasteiger partial charge in [0.25, 0.3) is 0 Å². The number of benzene rings is 10. The average molecular weight is 767 g/mol. The van der Waals surface area contributed by atoms with Crippen LogP contribution in [0.3, 0.4) is 0 Å². The second kappa shape index (κ2) is 14.7. The van der Waals surface area contributed by atoms with E-state index in [1.54, 1.807) is 0 Å². The van der Waals surface area contributed by atoms with Crippen LogP contribution in [0.4, 0.5) is 0 Å². The van der Waals surface area contributed by atoms with Gasteiger partial charge < -0.3 is 0 Å². The monoisotopic (exact) mass is 766 g/mol. The van der Waals surface area contributed by atoms with Gasteiger partial charge in [-0.3, -0.25) is 0 Å². The van der Waals surface area contributed by atoms with Crippen molar-refractivity contribution in [1.82, 2.24) is 0 Å². The molecule has 0 radical (unpaired) electrons. The molecule has 0 saturated carbocycles. The fourth-order valence-electron chi connectivity index (χ4n) is 10.7. The summed E-state index contributed by atoms with van der Waals surface area (Å²) in [6.45, 7) is 4.72. The largest absolute Gasteiger partial charge is 0.0653 e. The number of fused-ring (bicyclic) bond motifs is 6. The Bertz CT molecular complexity index is 3130. The smallest absolute Gasteiger partial charge is 0.0212 e. The molecule has 1 aliphatic carbocycles. The lowest BCUT2D eigenvalue weighted by Crippen LogP contribution is -2.24. The molecule has 0 nitrogen and oxygen atoms in total. The Balaban J connectivity index is 1.13. The summed E-state index contributed by atoms with van der Waals surface area (Å²) in [5, 5.41) is 7.64. The summed E-state index contributed by atoms with van der Waals surface area (Å²) in [6, 6.07) is 77.1. The highest BCUT2D eigenvalue weighted by Gasteiger charge is 2.41. The van der Waals surface area contributed by atoms with Crippen molar-refractivity contribution in [3.05, 3.63) is 217 Å². The second-order valence-corrected chi connectivity index (χ2v) is 16.6. The molecule has 1 aliphatic rings. The molecule has 286 valence electrons. The third-order valence-corrected chi connectivity index (χ3v) is 13.4. The zero-order valence-corrected chi connectivity index (χ0v) is 34.3. The zero-order valence-electron chi connectivity index (χ0n) is 34.3. The third kappa shape index (κ3) is 5.66. The number of rotatable bonds is 8. The Morgan fingerprint density at radius 3 is 1.33 bits per heavy atom. The molecule has 10 aromatic rings. The highest BCUT2D eigenvalue weighted by molar-refractivity contribution is 6.24. The molecule has 0 aliphatic heterocycles. The summed E-state index contributed by atoms with van der Waals surface area (Å²) in [4.78, 5) is 0. The van der Waals surface area contributed by atoms with Crippen LogP contribution in [-0.4, -0.2) is 0 Å². The van der Waals surface area contributed by atoms with Crippen LogP contribution in [0, 0.1) is 0 Å². The maximum Gasteiger partial charge on any atom is 0.0212 e. The fraction of sp³-hybridized carbons (Fsp3) is 0.100. The molecule has 0 bridgehead atoms. The van der Waals surface area contributed by atoms with Gasteiger partial charge in [0.15, 0.2) is 0 Å². The van der Waals surface area contributed by atoms with Crippen molar-refractivity contribution in [2.75, 3.05) is 0 Å². The molecule has 10 aromatic carbocycles. The van der Waals surface area contributed by atoms with E-state index in [2.05, 4.69) is 220 Å². The van der Waals surface area contributed by atoms with E-state index in [0.717, 1.165) is 19.3 Å². The van der Waals surface area contributed by atoms with Crippen LogP contribution in [0.2, 0.25) is 0 Å². The Hall–Kier alpha value is -7.02. The van der Waals surface area contributed by atoms with Gasteiger partial charge in [-0.25, -0.2) is 0 Å². The van der Waals surface area contributed by atoms with E-state index in [0.29, 0.717) is 0 Å². The van der Waals surface area contributed by atoms with Crippen LogP contribution >= 0.6 is 0 Å². The Morgan fingerprint density at radius 1 is 0.300 bits per heavy atom. The summed E-state index contributed by atoms with van der Waals surface area (Å²) in [7, 11) is 0. The third-order valence-electron chi connectivity index (χ3n) is 13.4. The van der Waals surface area contributed by atoms with Crippen LogP contribution in [0.25, 0.3) is 99.1 Å². The minimum Gasteiger partial charge on any atom is -0.0653 e. The first-order valence-electron chi connectivity index (χ1n) is 21.6. The highest BCUT2D eigenvalue weighted by Crippen LogP contribution is 2.55. The van der Waals surface area contributed by atoms with Gasteiger partial charge in [-0.05, 0) is 147 Å². The predicted molar refractivity (Wildman–Crippen MR) is 258 cm³/mol. The standard InChI is InChI=1S/C60H46/c1-3-35-60(4-2)56-30-18-17-25-49(56)50-32-31-42(39-57(50)60)58-51-26-13-15-28-53(51)59(54-29-16-14-27-52(54)58)55-34-33-46(47-23-11-12-24-48(47)55)45-37-43(40-19-7-5-8-20-40)36-44(38-45)41-21-9-6-10-22-41/h5-34,36-39H,3-4,35H2,1-2H3. The van der Waals surface area contributed by atoms with Gasteiger partial charge in [-0.15, -0.1) is 0 Å². The molecule has 0 heteroatoms. The van der Waals surface area contributed by atoms with Crippen molar-refractivity contribution in [1.29, 1.82) is 0 Å². The van der Waals surface area contributed by atoms with E-state index in [9.17, 15) is 0 Å². The summed E-state index contributed by atoms with van der Waals surface area (Å²) < 4.78 is 0. The normalized spacial score (nSPS) is 14.4. The van der Waals surface area contributed by atoms with Crippen LogP contribution < -0.4 is 0 Å². The van der Waals surface area contributed by atoms with Crippen molar-refractivity contribution < 1.29 is 0 Å². The molecule has 0 aromatic heterocycles. The van der Waals surface area contributed by atoms with Gasteiger partial charge in [-0.2, -0.15) is 0 Å². The van der Waals surface area contributed by atoms with E-state index in [1.807, 2.05) is 0 Å². The summed E-state index contributed by atoms with van der Waals surface area (Å²) in [6.07, 6.45) is 3.37. The molecule has 1 atom stereocenters. The summed E-state index contributed by atoms with van der Waals surface area (Å²) in [5.74, 6) is 0. The molecular weight excluding hydrogens is 721 g/mol. The van der Waals surface area contributed by atoms with Gasteiger partial charge in [0.1, 0.15) is 0 Å². The average Bonchev–Trinajstić information content (AvgIpc) is 3.59. The Kier molecular flexibility index (Phi) is 8.82. The molecule has 11 rings (SSSR count). The van der Waals surface area contributed by atoms with E-state index >= 15 is 0 Å². The first kappa shape index (κ1) is 36.1. The molecular formula is C60H46. The van der Waals surface area contributed by atoms with Crippen LogP contribution in [0.1, 0.15) is 44.2 Å². The maximum absolute atomic E-state index is 2.56. The molecule has 0 amide bonds. The lowest BCUT2D eigenvalue weighted by atomic mass is 9.72. The maximum atomic E-state index is 2.56. The molecule has 0 N–H and O–H groups in total. The van der Waals surface area contributed by atoms with Gasteiger partial charge in [0.05, 0.1) is 0 Å². The van der Waals surface area contributed by atoms with Crippen molar-refractivity contribution in [3.63, 3.8) is 0 Å². The summed E-state index contributed by atoms with van der Waals surface area (Å²) in [5.41, 5.74) is 18.3. The molecule has 1 unspecified atom stereocenters. The van der Waals surface area contributed by atoms with E-state index in [4.69, 9.17) is 0 Å². The molecule has 0 spiro atoms. The zero-order chi connectivity index (χ0) is 40.2. The quantitative estimate of drug-likeness (QED) is 0.135. The van der Waals surface area contributed by atoms with Crippen LogP contribution in [-0.2, 0) is 5.41 Å². The SMILES string of the molecule is CCCC1(CC)c2ccccc2-c2ccc(-c3c4ccccc4c(-c4ccc(-c5cc(-c6ccccc6)cc(-c6ccccc6)c5)c5ccccc45)c4ccccc34)cc21. The van der Waals surface area contributed by atoms with E-state index in [1.165, 1.54) is 110 Å². The summed E-state index contributed by atoms with van der Waals surface area (Å²) >= 11 is 0.